The fourth-order valence-corrected chi connectivity index (χ4v) is 3.01. The minimum atomic E-state index is -0.784. The van der Waals surface area contributed by atoms with Crippen molar-refractivity contribution in [1.29, 1.82) is 0 Å². The maximum atomic E-state index is 10.2. The fraction of sp³-hybridized carbons (Fsp3) is 0.733. The summed E-state index contributed by atoms with van der Waals surface area (Å²) in [6.45, 7) is 2.17. The monoisotopic (exact) mass is 311 g/mol. The largest absolute Gasteiger partial charge is 0.388 e. The molecule has 124 valence electrons. The molecule has 0 aromatic heterocycles. The van der Waals surface area contributed by atoms with Crippen molar-refractivity contribution in [3.63, 3.8) is 0 Å². The molecule has 2 aliphatic rings. The Labute approximate surface area is 131 Å². The highest BCUT2D eigenvalue weighted by Gasteiger charge is 2.37. The summed E-state index contributed by atoms with van der Waals surface area (Å²) >= 11 is 0. The summed E-state index contributed by atoms with van der Waals surface area (Å²) in [6.07, 6.45) is 2.15. The number of hydrogen-bond donors (Lipinski definition) is 1. The Morgan fingerprint density at radius 2 is 2.05 bits per heavy atom. The number of aliphatic hydroxyl groups excluding tert-OH is 1. The molecule has 0 amide bonds. The van der Waals surface area contributed by atoms with Crippen molar-refractivity contribution in [3.8, 4) is 0 Å². The number of hydrogen-bond acceptors (Lipinski definition) is 7. The third-order valence-corrected chi connectivity index (χ3v) is 4.12. The van der Waals surface area contributed by atoms with Crippen LogP contribution in [-0.4, -0.2) is 81.5 Å². The number of aliphatic imine (C=N–C) groups is 1. The van der Waals surface area contributed by atoms with Gasteiger partial charge in [0.05, 0.1) is 12.5 Å². The van der Waals surface area contributed by atoms with Crippen LogP contribution in [0.3, 0.4) is 0 Å². The van der Waals surface area contributed by atoms with Crippen molar-refractivity contribution >= 4 is 11.9 Å². The Hall–Kier alpha value is -1.28. The predicted octanol–water partition coefficient (Wildman–Crippen LogP) is 0.298. The zero-order valence-corrected chi connectivity index (χ0v) is 13.8. The van der Waals surface area contributed by atoms with Crippen LogP contribution in [0.25, 0.3) is 0 Å². The maximum Gasteiger partial charge on any atom is 0.148 e. The number of nitrogens with zero attached hydrogens (tertiary/aromatic N) is 3. The summed E-state index contributed by atoms with van der Waals surface area (Å²) in [5.41, 5.74) is 1.90. The van der Waals surface area contributed by atoms with Crippen LogP contribution in [-0.2, 0) is 14.2 Å². The van der Waals surface area contributed by atoms with E-state index in [0.717, 1.165) is 11.3 Å². The third kappa shape index (κ3) is 3.22. The summed E-state index contributed by atoms with van der Waals surface area (Å²) < 4.78 is 16.0. The van der Waals surface area contributed by atoms with E-state index >= 15 is 0 Å². The topological polar surface area (TPSA) is 75.9 Å². The van der Waals surface area contributed by atoms with E-state index < -0.39 is 18.3 Å². The van der Waals surface area contributed by atoms with E-state index in [1.54, 1.807) is 20.4 Å². The molecule has 0 radical (unpaired) electrons. The molecule has 0 saturated carbocycles. The van der Waals surface area contributed by atoms with Gasteiger partial charge in [0.25, 0.3) is 0 Å². The molecule has 2 heterocycles. The minimum Gasteiger partial charge on any atom is -0.388 e. The first kappa shape index (κ1) is 17.1. The molecule has 5 atom stereocenters. The first-order chi connectivity index (χ1) is 10.5. The Bertz CT molecular complexity index is 477. The molecule has 0 bridgehead atoms. The Kier molecular flexibility index (Phi) is 5.69. The molecule has 1 N–H and O–H groups in total. The molecule has 2 unspecified atom stereocenters. The first-order valence-electron chi connectivity index (χ1n) is 7.28. The summed E-state index contributed by atoms with van der Waals surface area (Å²) in [5, 5.41) is 16.5. The lowest BCUT2D eigenvalue weighted by Gasteiger charge is -2.32. The molecule has 7 heteroatoms. The van der Waals surface area contributed by atoms with Gasteiger partial charge in [-0.05, 0) is 12.5 Å². The molecule has 0 spiro atoms. The Morgan fingerprint density at radius 3 is 2.64 bits per heavy atom. The predicted molar refractivity (Wildman–Crippen MR) is 84.2 cm³/mol. The molecule has 0 fully saturated rings. The van der Waals surface area contributed by atoms with E-state index in [0.29, 0.717) is 0 Å². The van der Waals surface area contributed by atoms with Crippen molar-refractivity contribution < 1.29 is 19.3 Å². The lowest BCUT2D eigenvalue weighted by molar-refractivity contribution is -0.0986. The number of rotatable bonds is 7. The van der Waals surface area contributed by atoms with Gasteiger partial charge in [0.2, 0.25) is 0 Å². The highest BCUT2D eigenvalue weighted by atomic mass is 16.5. The second-order valence-electron chi connectivity index (χ2n) is 5.58. The summed E-state index contributed by atoms with van der Waals surface area (Å²) in [4.78, 5) is 4.56. The quantitative estimate of drug-likeness (QED) is 0.732. The number of aliphatic hydroxyl groups is 1. The number of dihydropyridines is 1. The normalized spacial score (nSPS) is 28.0. The van der Waals surface area contributed by atoms with Gasteiger partial charge in [0.15, 0.2) is 0 Å². The van der Waals surface area contributed by atoms with Crippen molar-refractivity contribution in [1.82, 2.24) is 5.01 Å². The van der Waals surface area contributed by atoms with Crippen LogP contribution in [0.2, 0.25) is 0 Å². The lowest BCUT2D eigenvalue weighted by atomic mass is 9.91. The van der Waals surface area contributed by atoms with Crippen LogP contribution in [0.1, 0.15) is 6.92 Å². The summed E-state index contributed by atoms with van der Waals surface area (Å²) in [6, 6.07) is 0. The fourth-order valence-electron chi connectivity index (χ4n) is 3.01. The summed E-state index contributed by atoms with van der Waals surface area (Å²) in [5.74, 6) is 0.125. The van der Waals surface area contributed by atoms with E-state index in [2.05, 4.69) is 16.2 Å². The van der Waals surface area contributed by atoms with Gasteiger partial charge in [-0.1, -0.05) is 6.08 Å². The molecule has 2 rings (SSSR count). The highest BCUT2D eigenvalue weighted by molar-refractivity contribution is 5.92. The van der Waals surface area contributed by atoms with Crippen LogP contribution in [0.4, 0.5) is 0 Å². The molecule has 22 heavy (non-hydrogen) atoms. The molecule has 0 aromatic carbocycles. The zero-order valence-electron chi connectivity index (χ0n) is 13.8. The van der Waals surface area contributed by atoms with E-state index in [1.165, 1.54) is 7.11 Å². The van der Waals surface area contributed by atoms with E-state index in [4.69, 9.17) is 14.2 Å². The van der Waals surface area contributed by atoms with Crippen LogP contribution < -0.4 is 0 Å². The van der Waals surface area contributed by atoms with Crippen molar-refractivity contribution in [3.05, 3.63) is 11.6 Å². The van der Waals surface area contributed by atoms with Gasteiger partial charge in [-0.2, -0.15) is 5.10 Å². The number of fused-ring (bicyclic) bond motifs is 1. The number of hydrazone groups is 1. The van der Waals surface area contributed by atoms with Gasteiger partial charge in [-0.25, -0.2) is 0 Å². The Morgan fingerprint density at radius 1 is 1.32 bits per heavy atom. The molecule has 0 aromatic rings. The average molecular weight is 311 g/mol. The van der Waals surface area contributed by atoms with Crippen molar-refractivity contribution in [2.75, 3.05) is 35.0 Å². The van der Waals surface area contributed by atoms with Gasteiger partial charge < -0.3 is 19.3 Å². The van der Waals surface area contributed by atoms with E-state index in [1.807, 2.05) is 19.0 Å². The second-order valence-corrected chi connectivity index (χ2v) is 5.58. The molecule has 7 nitrogen and oxygen atoms in total. The maximum absolute atomic E-state index is 10.2. The number of ether oxygens (including phenoxy) is 3. The van der Waals surface area contributed by atoms with Crippen LogP contribution in [0.15, 0.2) is 21.7 Å². The molecular formula is C15H25N3O4. The van der Waals surface area contributed by atoms with E-state index in [-0.39, 0.29) is 18.7 Å². The zero-order chi connectivity index (χ0) is 16.3. The van der Waals surface area contributed by atoms with Gasteiger partial charge >= 0.3 is 0 Å². The van der Waals surface area contributed by atoms with Crippen LogP contribution >= 0.6 is 0 Å². The lowest BCUT2D eigenvalue weighted by Crippen LogP contribution is -2.45. The molecule has 0 saturated heterocycles. The molecular weight excluding hydrogens is 286 g/mol. The first-order valence-corrected chi connectivity index (χ1v) is 7.28. The van der Waals surface area contributed by atoms with Gasteiger partial charge in [0.1, 0.15) is 24.5 Å². The van der Waals surface area contributed by atoms with Gasteiger partial charge in [-0.15, -0.1) is 0 Å². The van der Waals surface area contributed by atoms with Crippen LogP contribution in [0, 0.1) is 5.92 Å². The van der Waals surface area contributed by atoms with E-state index in [9.17, 15) is 5.11 Å². The third-order valence-electron chi connectivity index (χ3n) is 4.12. The average Bonchev–Trinajstić information content (AvgIpc) is 2.79. The minimum absolute atomic E-state index is 0.00569. The van der Waals surface area contributed by atoms with Gasteiger partial charge in [-0.3, -0.25) is 10.0 Å². The van der Waals surface area contributed by atoms with Gasteiger partial charge in [0, 0.05) is 40.3 Å². The Balaban J connectivity index is 2.21. The molecule has 2 aliphatic heterocycles. The SMILES string of the molecule is COC[C@H](O)[C@@H](OC)[C@@H](OC)C1=CC2C(C)=NN(C)C2N=C1. The van der Waals surface area contributed by atoms with Crippen molar-refractivity contribution in [2.24, 2.45) is 16.0 Å². The molecule has 0 aliphatic carbocycles. The standard InChI is InChI=1S/C15H25N3O4/c1-9-11-6-10(7-16-15(11)18(2)17-9)13(21-4)14(22-5)12(19)8-20-3/h6-7,11-15,19H,8H2,1-5H3/t11?,12-,13-,14+,15?/m0/s1. The van der Waals surface area contributed by atoms with Crippen LogP contribution in [0.5, 0.6) is 0 Å². The summed E-state index contributed by atoms with van der Waals surface area (Å²) in [7, 11) is 6.60. The second kappa shape index (κ2) is 7.32. The smallest absolute Gasteiger partial charge is 0.148 e. The highest BCUT2D eigenvalue weighted by Crippen LogP contribution is 2.29. The van der Waals surface area contributed by atoms with Crippen molar-refractivity contribution in [2.45, 2.75) is 31.4 Å². The number of methoxy groups -OCH3 is 3.